The fraction of sp³-hybridized carbons (Fsp3) is 0. The minimum Gasteiger partial charge on any atom is -0.384 e. The summed E-state index contributed by atoms with van der Waals surface area (Å²) in [4.78, 5) is 8.49. The number of halogens is 2. The summed E-state index contributed by atoms with van der Waals surface area (Å²) < 4.78 is 14.1. The summed E-state index contributed by atoms with van der Waals surface area (Å²) in [6.45, 7) is 0. The van der Waals surface area contributed by atoms with E-state index in [9.17, 15) is 4.39 Å². The third kappa shape index (κ3) is 2.71. The molecule has 3 aromatic rings. The number of aromatic nitrogens is 2. The summed E-state index contributed by atoms with van der Waals surface area (Å²) in [5, 5.41) is 0.0276. The molecule has 1 heterocycles. The van der Waals surface area contributed by atoms with Crippen LogP contribution in [0.4, 0.5) is 10.2 Å². The zero-order valence-corrected chi connectivity index (χ0v) is 11.7. The van der Waals surface area contributed by atoms with Crippen molar-refractivity contribution in [3.63, 3.8) is 0 Å². The van der Waals surface area contributed by atoms with Crippen LogP contribution >= 0.6 is 11.6 Å². The lowest BCUT2D eigenvalue weighted by Gasteiger charge is -2.07. The van der Waals surface area contributed by atoms with Crippen LogP contribution in [0.5, 0.6) is 0 Å². The van der Waals surface area contributed by atoms with Crippen molar-refractivity contribution in [2.45, 2.75) is 0 Å². The Hall–Kier alpha value is -2.46. The van der Waals surface area contributed by atoms with Crippen LogP contribution in [0, 0.1) is 5.82 Å². The molecule has 2 N–H and O–H groups in total. The first kappa shape index (κ1) is 13.5. The predicted octanol–water partition coefficient (Wildman–Crippen LogP) is 4.19. The Morgan fingerprint density at radius 2 is 1.71 bits per heavy atom. The van der Waals surface area contributed by atoms with Crippen LogP contribution in [0.3, 0.4) is 0 Å². The van der Waals surface area contributed by atoms with E-state index in [1.54, 1.807) is 18.2 Å². The molecule has 0 amide bonds. The first-order chi connectivity index (χ1) is 10.1. The molecule has 0 aliphatic heterocycles. The van der Waals surface area contributed by atoms with E-state index in [0.717, 1.165) is 5.56 Å². The highest BCUT2D eigenvalue weighted by atomic mass is 35.5. The summed E-state index contributed by atoms with van der Waals surface area (Å²) in [5.41, 5.74) is 7.57. The van der Waals surface area contributed by atoms with Crippen molar-refractivity contribution in [2.24, 2.45) is 0 Å². The summed E-state index contributed by atoms with van der Waals surface area (Å²) >= 11 is 5.80. The molecule has 0 unspecified atom stereocenters. The molecule has 21 heavy (non-hydrogen) atoms. The highest BCUT2D eigenvalue weighted by Crippen LogP contribution is 2.28. The van der Waals surface area contributed by atoms with Gasteiger partial charge in [-0.15, -0.1) is 0 Å². The maximum atomic E-state index is 14.1. The second kappa shape index (κ2) is 5.50. The number of hydrogen-bond acceptors (Lipinski definition) is 3. The molecule has 5 heteroatoms. The van der Waals surface area contributed by atoms with Gasteiger partial charge in [0.2, 0.25) is 0 Å². The first-order valence-electron chi connectivity index (χ1n) is 6.29. The molecule has 3 nitrogen and oxygen atoms in total. The second-order valence-electron chi connectivity index (χ2n) is 4.47. The molecule has 2 aromatic carbocycles. The normalized spacial score (nSPS) is 10.6. The van der Waals surface area contributed by atoms with Crippen LogP contribution in [0.1, 0.15) is 0 Å². The highest BCUT2D eigenvalue weighted by Gasteiger charge is 2.13. The number of rotatable bonds is 2. The van der Waals surface area contributed by atoms with E-state index in [1.807, 2.05) is 30.3 Å². The molecule has 0 spiro atoms. The van der Waals surface area contributed by atoms with Crippen LogP contribution in [0.2, 0.25) is 5.02 Å². The van der Waals surface area contributed by atoms with Crippen molar-refractivity contribution in [3.05, 3.63) is 65.4 Å². The van der Waals surface area contributed by atoms with E-state index in [1.165, 1.54) is 6.07 Å². The molecule has 3 rings (SSSR count). The van der Waals surface area contributed by atoms with Crippen LogP contribution in [0.25, 0.3) is 22.6 Å². The zero-order chi connectivity index (χ0) is 14.8. The van der Waals surface area contributed by atoms with Gasteiger partial charge in [0.1, 0.15) is 5.82 Å². The molecule has 1 aromatic heterocycles. The van der Waals surface area contributed by atoms with E-state index in [2.05, 4.69) is 9.97 Å². The number of benzene rings is 2. The SMILES string of the molecule is Nc1cc(-c2ccccc2)nc(-c2cccc(Cl)c2F)n1. The maximum absolute atomic E-state index is 14.1. The van der Waals surface area contributed by atoms with Crippen LogP contribution in [0.15, 0.2) is 54.6 Å². The van der Waals surface area contributed by atoms with Crippen molar-refractivity contribution >= 4 is 17.4 Å². The summed E-state index contributed by atoms with van der Waals surface area (Å²) in [6.07, 6.45) is 0. The monoisotopic (exact) mass is 299 g/mol. The quantitative estimate of drug-likeness (QED) is 0.772. The molecule has 0 aliphatic carbocycles. The molecule has 0 radical (unpaired) electrons. The summed E-state index contributed by atoms with van der Waals surface area (Å²) in [6, 6.07) is 15.9. The van der Waals surface area contributed by atoms with E-state index in [0.29, 0.717) is 5.69 Å². The predicted molar refractivity (Wildman–Crippen MR) is 82.3 cm³/mol. The standard InChI is InChI=1S/C16H11ClFN3/c17-12-8-4-7-11(15(12)18)16-20-13(9-14(19)21-16)10-5-2-1-3-6-10/h1-9H,(H2,19,20,21). The molecule has 0 saturated heterocycles. The van der Waals surface area contributed by atoms with Gasteiger partial charge in [0, 0.05) is 11.6 Å². The van der Waals surface area contributed by atoms with Gasteiger partial charge in [0.05, 0.1) is 16.3 Å². The Kier molecular flexibility index (Phi) is 3.54. The lowest BCUT2D eigenvalue weighted by atomic mass is 10.1. The van der Waals surface area contributed by atoms with Crippen molar-refractivity contribution in [1.82, 2.24) is 9.97 Å². The zero-order valence-electron chi connectivity index (χ0n) is 10.9. The van der Waals surface area contributed by atoms with Gasteiger partial charge >= 0.3 is 0 Å². The Morgan fingerprint density at radius 1 is 0.952 bits per heavy atom. The van der Waals surface area contributed by atoms with E-state index in [-0.39, 0.29) is 22.2 Å². The molecular weight excluding hydrogens is 289 g/mol. The van der Waals surface area contributed by atoms with Gasteiger partial charge in [-0.2, -0.15) is 0 Å². The Morgan fingerprint density at radius 3 is 2.48 bits per heavy atom. The van der Waals surface area contributed by atoms with Gasteiger partial charge in [-0.05, 0) is 12.1 Å². The number of nitrogen functional groups attached to an aromatic ring is 1. The lowest BCUT2D eigenvalue weighted by molar-refractivity contribution is 0.630. The van der Waals surface area contributed by atoms with Crippen molar-refractivity contribution in [2.75, 3.05) is 5.73 Å². The topological polar surface area (TPSA) is 51.8 Å². The van der Waals surface area contributed by atoms with E-state index < -0.39 is 5.82 Å². The van der Waals surface area contributed by atoms with E-state index in [4.69, 9.17) is 17.3 Å². The van der Waals surface area contributed by atoms with Crippen molar-refractivity contribution in [1.29, 1.82) is 0 Å². The molecule has 0 bridgehead atoms. The van der Waals surface area contributed by atoms with Crippen molar-refractivity contribution < 1.29 is 4.39 Å². The number of hydrogen-bond donors (Lipinski definition) is 1. The van der Waals surface area contributed by atoms with Gasteiger partial charge in [0.25, 0.3) is 0 Å². The largest absolute Gasteiger partial charge is 0.384 e. The minimum atomic E-state index is -0.552. The third-order valence-corrected chi connectivity index (χ3v) is 3.30. The fourth-order valence-electron chi connectivity index (χ4n) is 2.02. The van der Waals surface area contributed by atoms with Gasteiger partial charge < -0.3 is 5.73 Å². The average molecular weight is 300 g/mol. The fourth-order valence-corrected chi connectivity index (χ4v) is 2.19. The van der Waals surface area contributed by atoms with Crippen LogP contribution in [-0.2, 0) is 0 Å². The van der Waals surface area contributed by atoms with Crippen LogP contribution < -0.4 is 5.73 Å². The highest BCUT2D eigenvalue weighted by molar-refractivity contribution is 6.31. The maximum Gasteiger partial charge on any atom is 0.165 e. The first-order valence-corrected chi connectivity index (χ1v) is 6.67. The second-order valence-corrected chi connectivity index (χ2v) is 4.88. The van der Waals surface area contributed by atoms with Crippen LogP contribution in [-0.4, -0.2) is 9.97 Å². The van der Waals surface area contributed by atoms with E-state index >= 15 is 0 Å². The minimum absolute atomic E-state index is 0.0276. The van der Waals surface area contributed by atoms with Gasteiger partial charge in [-0.3, -0.25) is 0 Å². The van der Waals surface area contributed by atoms with Gasteiger partial charge in [0.15, 0.2) is 11.6 Å². The Labute approximate surface area is 126 Å². The third-order valence-electron chi connectivity index (χ3n) is 3.01. The number of nitrogens with zero attached hydrogens (tertiary/aromatic N) is 2. The molecule has 104 valence electrons. The molecule has 0 aliphatic rings. The van der Waals surface area contributed by atoms with Gasteiger partial charge in [-0.25, -0.2) is 14.4 Å². The average Bonchev–Trinajstić information content (AvgIpc) is 2.50. The molecular formula is C16H11ClFN3. The summed E-state index contributed by atoms with van der Waals surface area (Å²) in [7, 11) is 0. The number of anilines is 1. The lowest BCUT2D eigenvalue weighted by Crippen LogP contribution is -1.99. The Bertz CT molecular complexity index is 791. The molecule has 0 fully saturated rings. The number of nitrogens with two attached hydrogens (primary N) is 1. The molecule has 0 atom stereocenters. The Balaban J connectivity index is 2.17. The van der Waals surface area contributed by atoms with Gasteiger partial charge in [-0.1, -0.05) is 48.0 Å². The van der Waals surface area contributed by atoms with Crippen molar-refractivity contribution in [3.8, 4) is 22.6 Å². The summed E-state index contributed by atoms with van der Waals surface area (Å²) in [5.74, 6) is -0.0594. The smallest absolute Gasteiger partial charge is 0.165 e. The molecule has 0 saturated carbocycles.